The molecule has 1 fully saturated rings. The number of para-hydroxylation sites is 1. The van der Waals surface area contributed by atoms with Crippen molar-refractivity contribution in [1.82, 2.24) is 10.6 Å². The van der Waals surface area contributed by atoms with Gasteiger partial charge in [-0.25, -0.2) is 0 Å². The van der Waals surface area contributed by atoms with Crippen LogP contribution in [0.2, 0.25) is 0 Å². The molecular formula is C15H22N2O2. The maximum Gasteiger partial charge on any atom is 0.225 e. The second-order valence-electron chi connectivity index (χ2n) is 5.50. The van der Waals surface area contributed by atoms with Gasteiger partial charge in [-0.15, -0.1) is 0 Å². The van der Waals surface area contributed by atoms with Crippen molar-refractivity contribution in [3.05, 3.63) is 29.8 Å². The van der Waals surface area contributed by atoms with Gasteiger partial charge in [-0.2, -0.15) is 0 Å². The SMILES string of the molecule is COc1ccccc1C(C)(C)NC(=O)C1CCNC1. The zero-order chi connectivity index (χ0) is 13.9. The van der Waals surface area contributed by atoms with Crippen LogP contribution in [0.5, 0.6) is 5.75 Å². The molecule has 1 aromatic rings. The highest BCUT2D eigenvalue weighted by Crippen LogP contribution is 2.29. The smallest absolute Gasteiger partial charge is 0.225 e. The standard InChI is InChI=1S/C15H22N2O2/c1-15(2,12-6-4-5-7-13(12)19-3)17-14(18)11-8-9-16-10-11/h4-7,11,16H,8-10H2,1-3H3,(H,17,18). The zero-order valence-electron chi connectivity index (χ0n) is 11.8. The van der Waals surface area contributed by atoms with Crippen LogP contribution in [0.25, 0.3) is 0 Å². The lowest BCUT2D eigenvalue weighted by Gasteiger charge is -2.29. The Bertz CT molecular complexity index is 451. The first-order valence-corrected chi connectivity index (χ1v) is 6.71. The highest BCUT2D eigenvalue weighted by Gasteiger charge is 2.30. The number of hydrogen-bond acceptors (Lipinski definition) is 3. The number of carbonyl (C=O) groups is 1. The van der Waals surface area contributed by atoms with Gasteiger partial charge in [0, 0.05) is 12.1 Å². The molecule has 0 spiro atoms. The molecule has 4 nitrogen and oxygen atoms in total. The van der Waals surface area contributed by atoms with Crippen LogP contribution in [-0.2, 0) is 10.3 Å². The third kappa shape index (κ3) is 3.07. The predicted molar refractivity (Wildman–Crippen MR) is 75.1 cm³/mol. The van der Waals surface area contributed by atoms with Crippen LogP contribution >= 0.6 is 0 Å². The number of methoxy groups -OCH3 is 1. The average molecular weight is 262 g/mol. The molecule has 104 valence electrons. The third-order valence-corrected chi connectivity index (χ3v) is 3.65. The Morgan fingerprint density at radius 2 is 2.16 bits per heavy atom. The van der Waals surface area contributed by atoms with Crippen molar-refractivity contribution in [3.8, 4) is 5.75 Å². The molecule has 1 amide bonds. The van der Waals surface area contributed by atoms with E-state index in [1.165, 1.54) is 0 Å². The maximum absolute atomic E-state index is 12.2. The monoisotopic (exact) mass is 262 g/mol. The van der Waals surface area contributed by atoms with Crippen LogP contribution in [-0.4, -0.2) is 26.1 Å². The number of carbonyl (C=O) groups excluding carboxylic acids is 1. The second kappa shape index (κ2) is 5.61. The van der Waals surface area contributed by atoms with E-state index in [1.54, 1.807) is 7.11 Å². The predicted octanol–water partition coefficient (Wildman–Crippen LogP) is 1.66. The minimum atomic E-state index is -0.438. The van der Waals surface area contributed by atoms with Gasteiger partial charge >= 0.3 is 0 Å². The molecule has 1 aromatic carbocycles. The first-order chi connectivity index (χ1) is 9.04. The molecule has 2 rings (SSSR count). The summed E-state index contributed by atoms with van der Waals surface area (Å²) in [6.07, 6.45) is 0.911. The summed E-state index contributed by atoms with van der Waals surface area (Å²) < 4.78 is 5.38. The van der Waals surface area contributed by atoms with Crippen molar-refractivity contribution in [1.29, 1.82) is 0 Å². The molecule has 0 aromatic heterocycles. The van der Waals surface area contributed by atoms with Gasteiger partial charge in [0.15, 0.2) is 0 Å². The Morgan fingerprint density at radius 1 is 1.42 bits per heavy atom. The topological polar surface area (TPSA) is 50.4 Å². The molecule has 1 aliphatic heterocycles. The van der Waals surface area contributed by atoms with Gasteiger partial charge in [0.2, 0.25) is 5.91 Å². The molecule has 1 unspecified atom stereocenters. The average Bonchev–Trinajstić information content (AvgIpc) is 2.92. The van der Waals surface area contributed by atoms with E-state index in [0.29, 0.717) is 0 Å². The Kier molecular flexibility index (Phi) is 4.10. The highest BCUT2D eigenvalue weighted by molar-refractivity contribution is 5.80. The van der Waals surface area contributed by atoms with Gasteiger partial charge in [-0.05, 0) is 32.9 Å². The molecular weight excluding hydrogens is 240 g/mol. The van der Waals surface area contributed by atoms with Crippen LogP contribution in [0.3, 0.4) is 0 Å². The minimum absolute atomic E-state index is 0.0778. The number of rotatable bonds is 4. The summed E-state index contributed by atoms with van der Waals surface area (Å²) >= 11 is 0. The van der Waals surface area contributed by atoms with Crippen LogP contribution < -0.4 is 15.4 Å². The fourth-order valence-corrected chi connectivity index (χ4v) is 2.52. The minimum Gasteiger partial charge on any atom is -0.496 e. The van der Waals surface area contributed by atoms with Crippen LogP contribution in [0.1, 0.15) is 25.8 Å². The molecule has 0 bridgehead atoms. The van der Waals surface area contributed by atoms with Crippen LogP contribution in [0.4, 0.5) is 0 Å². The van der Waals surface area contributed by atoms with E-state index in [9.17, 15) is 4.79 Å². The van der Waals surface area contributed by atoms with E-state index in [2.05, 4.69) is 10.6 Å². The van der Waals surface area contributed by atoms with Crippen molar-refractivity contribution in [2.75, 3.05) is 20.2 Å². The number of nitrogens with one attached hydrogen (secondary N) is 2. The molecule has 19 heavy (non-hydrogen) atoms. The Hall–Kier alpha value is -1.55. The summed E-state index contributed by atoms with van der Waals surface area (Å²) in [5.41, 5.74) is 0.559. The van der Waals surface area contributed by atoms with Gasteiger partial charge in [0.25, 0.3) is 0 Å². The Morgan fingerprint density at radius 3 is 2.79 bits per heavy atom. The molecule has 1 atom stereocenters. The fourth-order valence-electron chi connectivity index (χ4n) is 2.52. The van der Waals surface area contributed by atoms with E-state index in [4.69, 9.17) is 4.74 Å². The molecule has 1 heterocycles. The molecule has 0 radical (unpaired) electrons. The lowest BCUT2D eigenvalue weighted by atomic mass is 9.92. The molecule has 1 aliphatic rings. The molecule has 2 N–H and O–H groups in total. The summed E-state index contributed by atoms with van der Waals surface area (Å²) in [4.78, 5) is 12.2. The van der Waals surface area contributed by atoms with Crippen molar-refractivity contribution in [3.63, 3.8) is 0 Å². The largest absolute Gasteiger partial charge is 0.496 e. The molecule has 1 saturated heterocycles. The first-order valence-electron chi connectivity index (χ1n) is 6.71. The van der Waals surface area contributed by atoms with Crippen molar-refractivity contribution >= 4 is 5.91 Å². The summed E-state index contributed by atoms with van der Waals surface area (Å²) in [6, 6.07) is 7.80. The summed E-state index contributed by atoms with van der Waals surface area (Å²) in [5, 5.41) is 6.35. The van der Waals surface area contributed by atoms with Crippen molar-refractivity contribution in [2.24, 2.45) is 5.92 Å². The number of hydrogen-bond donors (Lipinski definition) is 2. The first kappa shape index (κ1) is 13.9. The number of amides is 1. The van der Waals surface area contributed by atoms with Crippen molar-refractivity contribution in [2.45, 2.75) is 25.8 Å². The molecule has 4 heteroatoms. The number of ether oxygens (including phenoxy) is 1. The quantitative estimate of drug-likeness (QED) is 0.867. The highest BCUT2D eigenvalue weighted by atomic mass is 16.5. The molecule has 0 saturated carbocycles. The van der Waals surface area contributed by atoms with E-state index >= 15 is 0 Å². The van der Waals surface area contributed by atoms with E-state index in [1.807, 2.05) is 38.1 Å². The zero-order valence-corrected chi connectivity index (χ0v) is 11.8. The van der Waals surface area contributed by atoms with Crippen molar-refractivity contribution < 1.29 is 9.53 Å². The van der Waals surface area contributed by atoms with Crippen LogP contribution in [0, 0.1) is 5.92 Å². The normalized spacial score (nSPS) is 19.2. The summed E-state index contributed by atoms with van der Waals surface area (Å²) in [7, 11) is 1.65. The summed E-state index contributed by atoms with van der Waals surface area (Å²) in [5.74, 6) is 0.993. The van der Waals surface area contributed by atoms with Gasteiger partial charge in [0.1, 0.15) is 5.75 Å². The van der Waals surface area contributed by atoms with E-state index in [-0.39, 0.29) is 11.8 Å². The number of benzene rings is 1. The van der Waals surface area contributed by atoms with Gasteiger partial charge in [0.05, 0.1) is 18.6 Å². The lowest BCUT2D eigenvalue weighted by Crippen LogP contribution is -2.44. The maximum atomic E-state index is 12.2. The Balaban J connectivity index is 2.14. The van der Waals surface area contributed by atoms with Gasteiger partial charge in [-0.3, -0.25) is 4.79 Å². The third-order valence-electron chi connectivity index (χ3n) is 3.65. The van der Waals surface area contributed by atoms with Crippen LogP contribution in [0.15, 0.2) is 24.3 Å². The molecule has 0 aliphatic carbocycles. The van der Waals surface area contributed by atoms with Gasteiger partial charge < -0.3 is 15.4 Å². The Labute approximate surface area is 114 Å². The lowest BCUT2D eigenvalue weighted by molar-refractivity contribution is -0.126. The second-order valence-corrected chi connectivity index (χ2v) is 5.50. The van der Waals surface area contributed by atoms with E-state index < -0.39 is 5.54 Å². The fraction of sp³-hybridized carbons (Fsp3) is 0.533. The van der Waals surface area contributed by atoms with Gasteiger partial charge in [-0.1, -0.05) is 18.2 Å². The van der Waals surface area contributed by atoms with E-state index in [0.717, 1.165) is 30.8 Å². The summed E-state index contributed by atoms with van der Waals surface area (Å²) in [6.45, 7) is 5.71.